The number of amides is 2. The Morgan fingerprint density at radius 3 is 2.32 bits per heavy atom. The molecule has 8 rings (SSSR count). The molecule has 15 heteroatoms. The molecule has 0 aliphatic carbocycles. The quantitative estimate of drug-likeness (QED) is 0.0664. The second kappa shape index (κ2) is 18.8. The number of piperidine rings is 2. The smallest absolute Gasteiger partial charge is 0.249 e. The molecule has 5 aromatic rings. The number of methoxy groups -OCH3 is 1. The molecule has 2 amide bonds. The van der Waals surface area contributed by atoms with Crippen molar-refractivity contribution in [2.45, 2.75) is 64.0 Å². The summed E-state index contributed by atoms with van der Waals surface area (Å²) in [4.78, 5) is 38.0. The Hall–Kier alpha value is -5.62. The van der Waals surface area contributed by atoms with Crippen LogP contribution >= 0.6 is 18.7 Å². The Morgan fingerprint density at radius 2 is 1.60 bits per heavy atom. The fraction of sp³-hybridized carbons (Fsp3) is 0.362. The summed E-state index contributed by atoms with van der Waals surface area (Å²) in [7, 11) is -0.879. The fourth-order valence-corrected chi connectivity index (χ4v) is 9.97. The lowest BCUT2D eigenvalue weighted by atomic mass is 9.99. The van der Waals surface area contributed by atoms with Crippen molar-refractivity contribution in [3.63, 3.8) is 0 Å². The topological polar surface area (TPSA) is 150 Å². The number of nitrogens with one attached hydrogen (secondary N) is 4. The van der Waals surface area contributed by atoms with Gasteiger partial charge in [0.15, 0.2) is 5.82 Å². The first kappa shape index (κ1) is 43.0. The molecule has 2 fully saturated rings. The summed E-state index contributed by atoms with van der Waals surface area (Å²) in [6.07, 6.45) is 7.33. The first-order valence-corrected chi connectivity index (χ1v) is 24.3. The van der Waals surface area contributed by atoms with Gasteiger partial charge in [-0.1, -0.05) is 36.7 Å². The van der Waals surface area contributed by atoms with Gasteiger partial charge in [-0.3, -0.25) is 19.8 Å². The molecular formula is C47H54ClN8O5P. The highest BCUT2D eigenvalue weighted by Gasteiger charge is 2.29. The summed E-state index contributed by atoms with van der Waals surface area (Å²) >= 11 is 6.54. The van der Waals surface area contributed by atoms with Crippen LogP contribution in [0.2, 0.25) is 5.02 Å². The van der Waals surface area contributed by atoms with Crippen molar-refractivity contribution in [1.29, 1.82) is 0 Å². The van der Waals surface area contributed by atoms with Crippen molar-refractivity contribution in [1.82, 2.24) is 20.2 Å². The van der Waals surface area contributed by atoms with Gasteiger partial charge in [0.25, 0.3) is 0 Å². The van der Waals surface area contributed by atoms with Crippen LogP contribution in [-0.4, -0.2) is 85.4 Å². The maximum Gasteiger partial charge on any atom is 0.249 e. The van der Waals surface area contributed by atoms with Gasteiger partial charge >= 0.3 is 0 Å². The predicted molar refractivity (Wildman–Crippen MR) is 248 cm³/mol. The first-order valence-electron chi connectivity index (χ1n) is 21.3. The second-order valence-corrected chi connectivity index (χ2v) is 20.1. The molecular weight excluding hydrogens is 823 g/mol. The lowest BCUT2D eigenvalue weighted by Crippen LogP contribution is -2.47. The molecule has 0 spiro atoms. The highest BCUT2D eigenvalue weighted by atomic mass is 35.5. The number of halogens is 1. The molecule has 3 aliphatic heterocycles. The van der Waals surface area contributed by atoms with Crippen molar-refractivity contribution in [3.05, 3.63) is 107 Å². The van der Waals surface area contributed by atoms with Crippen molar-refractivity contribution < 1.29 is 23.6 Å². The first-order chi connectivity index (χ1) is 29.9. The van der Waals surface area contributed by atoms with Crippen LogP contribution in [0.4, 0.5) is 34.5 Å². The van der Waals surface area contributed by atoms with E-state index in [4.69, 9.17) is 26.1 Å². The molecule has 0 bridgehead atoms. The Kier molecular flexibility index (Phi) is 13.0. The van der Waals surface area contributed by atoms with E-state index < -0.39 is 13.2 Å². The third kappa shape index (κ3) is 10.0. The van der Waals surface area contributed by atoms with E-state index >= 15 is 0 Å². The summed E-state index contributed by atoms with van der Waals surface area (Å²) in [6.45, 7) is 9.60. The summed E-state index contributed by atoms with van der Waals surface area (Å²) in [5.74, 6) is 2.48. The molecule has 13 nitrogen and oxygen atoms in total. The fourth-order valence-electron chi connectivity index (χ4n) is 8.68. The van der Waals surface area contributed by atoms with Crippen LogP contribution in [0.25, 0.3) is 0 Å². The van der Waals surface area contributed by atoms with Crippen LogP contribution in [0.5, 0.6) is 17.2 Å². The Labute approximate surface area is 368 Å². The van der Waals surface area contributed by atoms with Crippen molar-refractivity contribution in [2.75, 3.05) is 67.5 Å². The monoisotopic (exact) mass is 876 g/mol. The molecule has 3 aliphatic rings. The highest BCUT2D eigenvalue weighted by molar-refractivity contribution is 7.70. The number of ether oxygens (including phenoxy) is 2. The normalized spacial score (nSPS) is 17.4. The maximum atomic E-state index is 13.0. The second-order valence-electron chi connectivity index (χ2n) is 16.5. The number of imide groups is 1. The minimum atomic E-state index is -2.56. The average molecular weight is 877 g/mol. The Bertz CT molecular complexity index is 2490. The number of para-hydroxylation sites is 1. The Balaban J connectivity index is 0.870. The summed E-state index contributed by atoms with van der Waals surface area (Å²) < 4.78 is 25.2. The number of aryl methyl sites for hydroxylation is 1. The van der Waals surface area contributed by atoms with Gasteiger partial charge in [0.05, 0.1) is 24.7 Å². The average Bonchev–Trinajstić information content (AvgIpc) is 3.48. The molecule has 4 aromatic carbocycles. The van der Waals surface area contributed by atoms with Crippen LogP contribution in [0.1, 0.15) is 49.3 Å². The zero-order valence-electron chi connectivity index (χ0n) is 35.7. The molecule has 0 radical (unpaired) electrons. The SMILES string of the molecule is CCc1cc(Nc2ncc(Cl)c(Nc3ccccc3P(C)(C)=O)n2)c(OC)cc1N1CCC(N2CCc3ccc(Oc4ccc(NC5CCC(=O)NC5=O)cc4)cc3CC2)CC1. The van der Waals surface area contributed by atoms with E-state index in [1.807, 2.05) is 48.5 Å². The van der Waals surface area contributed by atoms with Crippen LogP contribution in [0, 0.1) is 0 Å². The highest BCUT2D eigenvalue weighted by Crippen LogP contribution is 2.40. The number of carbonyl (C=O) groups excluding carboxylic acids is 2. The molecule has 324 valence electrons. The van der Waals surface area contributed by atoms with E-state index in [0.29, 0.717) is 47.1 Å². The summed E-state index contributed by atoms with van der Waals surface area (Å²) in [5, 5.41) is 13.3. The van der Waals surface area contributed by atoms with Crippen molar-refractivity contribution in [2.24, 2.45) is 0 Å². The van der Waals surface area contributed by atoms with Crippen molar-refractivity contribution >= 4 is 70.4 Å². The van der Waals surface area contributed by atoms with Crippen LogP contribution < -0.4 is 40.9 Å². The molecule has 4 heterocycles. The standard InChI is InChI=1S/C47H54ClN8O5P/c1-5-30-27-40(52-47-49-29-37(48)45(54-47)51-38-8-6-7-9-43(38)62(3,4)59)42(60-2)28-41(30)56-24-20-34(21-25-56)55-22-18-31-10-13-36(26-32(31)19-23-55)61-35-14-11-33(12-15-35)50-39-16-17-44(57)53-46(39)58/h6-15,26-29,34,39,50H,5,16-25H2,1-4H3,(H,53,57,58)(H2,49,51,52,54). The number of hydrogen-bond acceptors (Lipinski definition) is 12. The molecule has 4 N–H and O–H groups in total. The van der Waals surface area contributed by atoms with Gasteiger partial charge < -0.3 is 34.9 Å². The minimum absolute atomic E-state index is 0.226. The van der Waals surface area contributed by atoms with Gasteiger partial charge in [0, 0.05) is 61.4 Å². The predicted octanol–water partition coefficient (Wildman–Crippen LogP) is 8.52. The van der Waals surface area contributed by atoms with E-state index in [-0.39, 0.29) is 11.8 Å². The third-order valence-electron chi connectivity index (χ3n) is 12.0. The molecule has 1 unspecified atom stereocenters. The third-order valence-corrected chi connectivity index (χ3v) is 13.8. The number of fused-ring (bicyclic) bond motifs is 1. The number of aromatic nitrogens is 2. The maximum absolute atomic E-state index is 13.0. The lowest BCUT2D eigenvalue weighted by molar-refractivity contribution is -0.133. The molecule has 1 atom stereocenters. The zero-order valence-corrected chi connectivity index (χ0v) is 37.3. The number of anilines is 6. The van der Waals surface area contributed by atoms with Gasteiger partial charge in [-0.15, -0.1) is 0 Å². The molecule has 0 saturated carbocycles. The van der Waals surface area contributed by atoms with Crippen LogP contribution in [0.15, 0.2) is 85.1 Å². The van der Waals surface area contributed by atoms with E-state index in [1.165, 1.54) is 22.4 Å². The van der Waals surface area contributed by atoms with Crippen LogP contribution in [0.3, 0.4) is 0 Å². The molecule has 2 saturated heterocycles. The van der Waals surface area contributed by atoms with Crippen LogP contribution in [-0.2, 0) is 33.4 Å². The van der Waals surface area contributed by atoms with Gasteiger partial charge in [0.1, 0.15) is 35.5 Å². The lowest BCUT2D eigenvalue weighted by Gasteiger charge is -2.40. The Morgan fingerprint density at radius 1 is 0.855 bits per heavy atom. The summed E-state index contributed by atoms with van der Waals surface area (Å²) in [6, 6.07) is 25.8. The van der Waals surface area contributed by atoms with E-state index in [2.05, 4.69) is 73.3 Å². The van der Waals surface area contributed by atoms with Gasteiger partial charge in [0.2, 0.25) is 17.8 Å². The van der Waals surface area contributed by atoms with E-state index in [1.54, 1.807) is 26.6 Å². The number of benzene rings is 4. The zero-order chi connectivity index (χ0) is 43.4. The van der Waals surface area contributed by atoms with Crippen molar-refractivity contribution in [3.8, 4) is 17.2 Å². The van der Waals surface area contributed by atoms with Gasteiger partial charge in [-0.2, -0.15) is 4.98 Å². The number of carbonyl (C=O) groups is 2. The molecule has 1 aromatic heterocycles. The largest absolute Gasteiger partial charge is 0.494 e. The van der Waals surface area contributed by atoms with E-state index in [9.17, 15) is 14.2 Å². The minimum Gasteiger partial charge on any atom is -0.494 e. The molecule has 62 heavy (non-hydrogen) atoms. The number of nitrogens with zero attached hydrogens (tertiary/aromatic N) is 4. The number of rotatable bonds is 13. The number of hydrogen-bond donors (Lipinski definition) is 4. The van der Waals surface area contributed by atoms with Gasteiger partial charge in [-0.05, 0) is 123 Å². The van der Waals surface area contributed by atoms with E-state index in [0.717, 1.165) is 86.5 Å². The summed E-state index contributed by atoms with van der Waals surface area (Å²) in [5.41, 5.74) is 7.35. The van der Waals surface area contributed by atoms with Gasteiger partial charge in [-0.25, -0.2) is 4.98 Å².